The number of carbonyl (C=O) groups excluding carboxylic acids is 4. The maximum Gasteiger partial charge on any atom is 0.414 e. The fourth-order valence-electron chi connectivity index (χ4n) is 3.61. The minimum atomic E-state index is -0.772. The summed E-state index contributed by atoms with van der Waals surface area (Å²) >= 11 is 0. The van der Waals surface area contributed by atoms with Gasteiger partial charge in [0.05, 0.1) is 32.1 Å². The van der Waals surface area contributed by atoms with Gasteiger partial charge in [-0.3, -0.25) is 14.5 Å². The maximum absolute atomic E-state index is 13.0. The van der Waals surface area contributed by atoms with Gasteiger partial charge in [0.25, 0.3) is 0 Å². The predicted molar refractivity (Wildman–Crippen MR) is 141 cm³/mol. The normalized spacial score (nSPS) is 11.7. The summed E-state index contributed by atoms with van der Waals surface area (Å²) < 4.78 is 20.5. The predicted octanol–water partition coefficient (Wildman–Crippen LogP) is 4.50. The fraction of sp³-hybridized carbons (Fsp3) is 0.429. The first kappa shape index (κ1) is 30.1. The van der Waals surface area contributed by atoms with E-state index in [-0.39, 0.29) is 37.2 Å². The maximum atomic E-state index is 13.0. The van der Waals surface area contributed by atoms with E-state index in [9.17, 15) is 19.2 Å². The molecule has 0 aliphatic carbocycles. The Balaban J connectivity index is 2.14. The van der Waals surface area contributed by atoms with E-state index in [1.165, 1.54) is 31.3 Å². The van der Waals surface area contributed by atoms with E-state index in [4.69, 9.17) is 24.7 Å². The van der Waals surface area contributed by atoms with Crippen molar-refractivity contribution < 1.29 is 38.1 Å². The van der Waals surface area contributed by atoms with Crippen LogP contribution in [0.3, 0.4) is 0 Å². The number of hydrogen-bond acceptors (Lipinski definition) is 9. The third kappa shape index (κ3) is 9.42. The van der Waals surface area contributed by atoms with Crippen LogP contribution in [0.4, 0.5) is 16.2 Å². The number of nitrogens with two attached hydrogens (primary N) is 1. The average molecular weight is 529 g/mol. The van der Waals surface area contributed by atoms with Gasteiger partial charge in [-0.2, -0.15) is 0 Å². The molecule has 206 valence electrons. The molecule has 10 heteroatoms. The number of esters is 3. The zero-order valence-corrected chi connectivity index (χ0v) is 22.5. The summed E-state index contributed by atoms with van der Waals surface area (Å²) in [5, 5.41) is 0. The van der Waals surface area contributed by atoms with Crippen LogP contribution in [0.5, 0.6) is 0 Å². The molecule has 0 spiro atoms. The highest BCUT2D eigenvalue weighted by Gasteiger charge is 2.27. The topological polar surface area (TPSA) is 134 Å². The van der Waals surface area contributed by atoms with Crippen molar-refractivity contribution in [3.8, 4) is 0 Å². The Morgan fingerprint density at radius 1 is 0.974 bits per heavy atom. The van der Waals surface area contributed by atoms with Crippen LogP contribution < -0.4 is 10.6 Å². The molecule has 38 heavy (non-hydrogen) atoms. The van der Waals surface area contributed by atoms with Crippen molar-refractivity contribution in [2.24, 2.45) is 5.92 Å². The van der Waals surface area contributed by atoms with Crippen molar-refractivity contribution in [3.05, 3.63) is 59.7 Å². The standard InChI is InChI=1S/C28H36N2O8/c1-28(2,3)38-27(34)30(21-13-14-23(29)22(17-21)26(33)36-5)15-9-12-20(25(32)35-4)16-24(31)37-18-19-10-7-6-8-11-19/h6-8,10-11,13-14,17,20H,9,12,15-16,18,29H2,1-5H3/t20-/m1/s1. The Hall–Kier alpha value is -4.08. The van der Waals surface area contributed by atoms with Gasteiger partial charge in [0.15, 0.2) is 0 Å². The summed E-state index contributed by atoms with van der Waals surface area (Å²) in [6, 6.07) is 13.7. The summed E-state index contributed by atoms with van der Waals surface area (Å²) in [6.45, 7) is 5.44. The molecule has 0 aliphatic heterocycles. The SMILES string of the molecule is COC(=O)c1cc(N(CCC[C@H](CC(=O)OCc2ccccc2)C(=O)OC)C(=O)OC(C)(C)C)ccc1N. The van der Waals surface area contributed by atoms with Crippen LogP contribution >= 0.6 is 0 Å². The molecule has 0 heterocycles. The van der Waals surface area contributed by atoms with Crippen molar-refractivity contribution in [2.75, 3.05) is 31.4 Å². The zero-order valence-electron chi connectivity index (χ0n) is 22.5. The van der Waals surface area contributed by atoms with Crippen LogP contribution in [0, 0.1) is 5.92 Å². The number of benzene rings is 2. The molecule has 0 fully saturated rings. The van der Waals surface area contributed by atoms with E-state index in [0.717, 1.165) is 5.56 Å². The van der Waals surface area contributed by atoms with E-state index in [0.29, 0.717) is 12.1 Å². The lowest BCUT2D eigenvalue weighted by atomic mass is 9.99. The second-order valence-corrected chi connectivity index (χ2v) is 9.61. The third-order valence-corrected chi connectivity index (χ3v) is 5.49. The van der Waals surface area contributed by atoms with E-state index < -0.39 is 35.5 Å². The van der Waals surface area contributed by atoms with Crippen molar-refractivity contribution >= 4 is 35.4 Å². The van der Waals surface area contributed by atoms with Gasteiger partial charge in [-0.05, 0) is 57.4 Å². The number of nitrogen functional groups attached to an aromatic ring is 1. The van der Waals surface area contributed by atoms with Gasteiger partial charge in [-0.15, -0.1) is 0 Å². The summed E-state index contributed by atoms with van der Waals surface area (Å²) in [5.74, 6) is -2.49. The number of nitrogens with zero attached hydrogens (tertiary/aromatic N) is 1. The molecular weight excluding hydrogens is 492 g/mol. The summed E-state index contributed by atoms with van der Waals surface area (Å²) in [4.78, 5) is 51.3. The Labute approximate surface area is 223 Å². The van der Waals surface area contributed by atoms with E-state index in [1.807, 2.05) is 30.3 Å². The second kappa shape index (κ2) is 14.0. The Kier molecular flexibility index (Phi) is 11.1. The zero-order chi connectivity index (χ0) is 28.3. The molecule has 1 amide bonds. The number of hydrogen-bond donors (Lipinski definition) is 1. The Morgan fingerprint density at radius 2 is 1.66 bits per heavy atom. The molecule has 0 saturated carbocycles. The monoisotopic (exact) mass is 528 g/mol. The smallest absolute Gasteiger partial charge is 0.414 e. The van der Waals surface area contributed by atoms with E-state index in [2.05, 4.69) is 0 Å². The summed E-state index contributed by atoms with van der Waals surface area (Å²) in [7, 11) is 2.48. The van der Waals surface area contributed by atoms with E-state index >= 15 is 0 Å². The quantitative estimate of drug-likeness (QED) is 0.254. The van der Waals surface area contributed by atoms with Gasteiger partial charge in [-0.25, -0.2) is 9.59 Å². The van der Waals surface area contributed by atoms with Gasteiger partial charge in [0.1, 0.15) is 12.2 Å². The highest BCUT2D eigenvalue weighted by Crippen LogP contribution is 2.25. The van der Waals surface area contributed by atoms with E-state index in [1.54, 1.807) is 26.8 Å². The summed E-state index contributed by atoms with van der Waals surface area (Å²) in [5.41, 5.74) is 6.64. The number of anilines is 2. The second-order valence-electron chi connectivity index (χ2n) is 9.61. The molecule has 0 saturated heterocycles. The molecule has 0 bridgehead atoms. The average Bonchev–Trinajstić information content (AvgIpc) is 2.88. The fourth-order valence-corrected chi connectivity index (χ4v) is 3.61. The number of ether oxygens (including phenoxy) is 4. The highest BCUT2D eigenvalue weighted by atomic mass is 16.6. The van der Waals surface area contributed by atoms with Crippen LogP contribution in [0.25, 0.3) is 0 Å². The van der Waals surface area contributed by atoms with Gasteiger partial charge >= 0.3 is 24.0 Å². The van der Waals surface area contributed by atoms with Crippen LogP contribution in [0.15, 0.2) is 48.5 Å². The number of rotatable bonds is 11. The highest BCUT2D eigenvalue weighted by molar-refractivity contribution is 5.98. The lowest BCUT2D eigenvalue weighted by molar-refractivity contribution is -0.154. The minimum Gasteiger partial charge on any atom is -0.469 e. The van der Waals surface area contributed by atoms with Gasteiger partial charge in [-0.1, -0.05) is 30.3 Å². The molecule has 0 aliphatic rings. The molecule has 10 nitrogen and oxygen atoms in total. The third-order valence-electron chi connectivity index (χ3n) is 5.49. The molecule has 0 unspecified atom stereocenters. The number of amides is 1. The van der Waals surface area contributed by atoms with Crippen molar-refractivity contribution in [3.63, 3.8) is 0 Å². The molecule has 2 aromatic carbocycles. The van der Waals surface area contributed by atoms with Gasteiger partial charge in [0.2, 0.25) is 0 Å². The van der Waals surface area contributed by atoms with Crippen LogP contribution in [0.1, 0.15) is 56.0 Å². The van der Waals surface area contributed by atoms with Crippen LogP contribution in [0.2, 0.25) is 0 Å². The molecule has 0 radical (unpaired) electrons. The lowest BCUT2D eigenvalue weighted by Gasteiger charge is -2.28. The van der Waals surface area contributed by atoms with Crippen LogP contribution in [-0.2, 0) is 35.1 Å². The Bertz CT molecular complexity index is 1110. The number of carbonyl (C=O) groups is 4. The number of methoxy groups -OCH3 is 2. The van der Waals surface area contributed by atoms with Crippen LogP contribution in [-0.4, -0.2) is 50.4 Å². The first-order valence-corrected chi connectivity index (χ1v) is 12.2. The molecule has 2 aromatic rings. The molecule has 1 atom stereocenters. The largest absolute Gasteiger partial charge is 0.469 e. The molecule has 2 N–H and O–H groups in total. The van der Waals surface area contributed by atoms with Gasteiger partial charge in [0, 0.05) is 17.9 Å². The first-order valence-electron chi connectivity index (χ1n) is 12.2. The molecule has 2 rings (SSSR count). The van der Waals surface area contributed by atoms with Crippen molar-refractivity contribution in [2.45, 2.75) is 52.2 Å². The summed E-state index contributed by atoms with van der Waals surface area (Å²) in [6.07, 6.45) is -0.246. The lowest BCUT2D eigenvalue weighted by Crippen LogP contribution is -2.38. The Morgan fingerprint density at radius 3 is 2.26 bits per heavy atom. The molecule has 0 aromatic heterocycles. The van der Waals surface area contributed by atoms with Gasteiger partial charge < -0.3 is 24.7 Å². The minimum absolute atomic E-state index is 0.0969. The first-order chi connectivity index (χ1) is 17.9. The molecular formula is C28H36N2O8. The van der Waals surface area contributed by atoms with Crippen molar-refractivity contribution in [1.29, 1.82) is 0 Å². The van der Waals surface area contributed by atoms with Crippen molar-refractivity contribution in [1.82, 2.24) is 0 Å².